The Morgan fingerprint density at radius 1 is 1.12 bits per heavy atom. The van der Waals surface area contributed by atoms with Crippen LogP contribution in [0, 0.1) is 5.92 Å². The molecular formula is C22H23NO3. The van der Waals surface area contributed by atoms with E-state index in [0.717, 1.165) is 49.0 Å². The molecule has 0 radical (unpaired) electrons. The third kappa shape index (κ3) is 3.06. The van der Waals surface area contributed by atoms with Crippen LogP contribution in [0.15, 0.2) is 48.5 Å². The monoisotopic (exact) mass is 349 g/mol. The van der Waals surface area contributed by atoms with E-state index in [4.69, 9.17) is 4.74 Å². The maximum atomic E-state index is 12.7. The first kappa shape index (κ1) is 17.0. The summed E-state index contributed by atoms with van der Waals surface area (Å²) in [6.45, 7) is 2.06. The summed E-state index contributed by atoms with van der Waals surface area (Å²) in [6.07, 6.45) is 2.75. The summed E-state index contributed by atoms with van der Waals surface area (Å²) in [7, 11) is 1.39. The number of ketones is 1. The van der Waals surface area contributed by atoms with E-state index in [2.05, 4.69) is 17.0 Å². The number of nitrogens with zero attached hydrogens (tertiary/aromatic N) is 1. The van der Waals surface area contributed by atoms with Gasteiger partial charge in [-0.2, -0.15) is 0 Å². The molecule has 3 heterocycles. The van der Waals surface area contributed by atoms with Crippen LogP contribution >= 0.6 is 0 Å². The van der Waals surface area contributed by atoms with Crippen LogP contribution in [0.5, 0.6) is 0 Å². The van der Waals surface area contributed by atoms with E-state index in [9.17, 15) is 9.59 Å². The Kier molecular flexibility index (Phi) is 4.60. The summed E-state index contributed by atoms with van der Waals surface area (Å²) in [4.78, 5) is 26.9. The molecule has 4 nitrogen and oxygen atoms in total. The summed E-state index contributed by atoms with van der Waals surface area (Å²) in [6, 6.07) is 15.7. The molecule has 2 aromatic carbocycles. The van der Waals surface area contributed by atoms with E-state index >= 15 is 0 Å². The molecule has 2 bridgehead atoms. The lowest BCUT2D eigenvalue weighted by atomic mass is 9.79. The highest BCUT2D eigenvalue weighted by molar-refractivity contribution is 5.91. The molecule has 1 unspecified atom stereocenters. The quantitative estimate of drug-likeness (QED) is 0.794. The van der Waals surface area contributed by atoms with Crippen molar-refractivity contribution in [3.05, 3.63) is 59.7 Å². The number of carbonyl (C=O) groups excluding carboxylic acids is 2. The molecule has 134 valence electrons. The van der Waals surface area contributed by atoms with E-state index < -0.39 is 0 Å². The molecular weight excluding hydrogens is 326 g/mol. The van der Waals surface area contributed by atoms with Gasteiger partial charge < -0.3 is 4.74 Å². The van der Waals surface area contributed by atoms with E-state index in [-0.39, 0.29) is 17.9 Å². The van der Waals surface area contributed by atoms with Gasteiger partial charge in [0, 0.05) is 5.92 Å². The van der Waals surface area contributed by atoms with E-state index in [1.165, 1.54) is 7.11 Å². The number of benzene rings is 2. The lowest BCUT2D eigenvalue weighted by molar-refractivity contribution is -0.136. The number of hydrogen-bond acceptors (Lipinski definition) is 4. The third-order valence-corrected chi connectivity index (χ3v) is 5.73. The molecule has 0 spiro atoms. The van der Waals surface area contributed by atoms with Crippen molar-refractivity contribution in [2.24, 2.45) is 5.92 Å². The van der Waals surface area contributed by atoms with Gasteiger partial charge in [0.15, 0.2) is 5.78 Å². The van der Waals surface area contributed by atoms with Crippen LogP contribution in [0.1, 0.15) is 28.8 Å². The van der Waals surface area contributed by atoms with Gasteiger partial charge in [0.2, 0.25) is 0 Å². The molecule has 0 aliphatic carbocycles. The van der Waals surface area contributed by atoms with Crippen LogP contribution < -0.4 is 0 Å². The smallest absolute Gasteiger partial charge is 0.337 e. The van der Waals surface area contributed by atoms with Crippen molar-refractivity contribution in [1.29, 1.82) is 0 Å². The number of ether oxygens (including phenoxy) is 1. The first-order chi connectivity index (χ1) is 12.7. The van der Waals surface area contributed by atoms with Crippen LogP contribution in [0.25, 0.3) is 11.1 Å². The van der Waals surface area contributed by atoms with Crippen molar-refractivity contribution >= 4 is 11.8 Å². The largest absolute Gasteiger partial charge is 0.465 e. The number of piperidine rings is 3. The first-order valence-corrected chi connectivity index (χ1v) is 9.22. The third-order valence-electron chi connectivity index (χ3n) is 5.73. The van der Waals surface area contributed by atoms with Crippen LogP contribution in [-0.4, -0.2) is 42.9 Å². The van der Waals surface area contributed by atoms with Gasteiger partial charge in [-0.3, -0.25) is 9.69 Å². The van der Waals surface area contributed by atoms with E-state index in [1.54, 1.807) is 6.07 Å². The molecule has 3 fully saturated rings. The Bertz CT molecular complexity index is 837. The van der Waals surface area contributed by atoms with Crippen molar-refractivity contribution in [1.82, 2.24) is 4.90 Å². The second-order valence-electron chi connectivity index (χ2n) is 7.16. The molecule has 3 saturated heterocycles. The summed E-state index contributed by atoms with van der Waals surface area (Å²) >= 11 is 0. The lowest BCUT2D eigenvalue weighted by Gasteiger charge is -2.44. The van der Waals surface area contributed by atoms with Gasteiger partial charge in [-0.25, -0.2) is 4.79 Å². The minimum atomic E-state index is -0.338. The lowest BCUT2D eigenvalue weighted by Crippen LogP contribution is -2.56. The average Bonchev–Trinajstić information content (AvgIpc) is 2.71. The second kappa shape index (κ2) is 7.04. The average molecular weight is 349 g/mol. The van der Waals surface area contributed by atoms with E-state index in [1.807, 2.05) is 30.3 Å². The van der Waals surface area contributed by atoms with Gasteiger partial charge in [-0.05, 0) is 61.2 Å². The van der Waals surface area contributed by atoms with Gasteiger partial charge in [-0.1, -0.05) is 36.4 Å². The number of esters is 1. The van der Waals surface area contributed by atoms with Gasteiger partial charge in [0.25, 0.3) is 0 Å². The van der Waals surface area contributed by atoms with Gasteiger partial charge in [0.05, 0.1) is 18.7 Å². The summed E-state index contributed by atoms with van der Waals surface area (Å²) < 4.78 is 4.84. The Labute approximate surface area is 153 Å². The fourth-order valence-electron chi connectivity index (χ4n) is 4.30. The predicted octanol–water partition coefficient (Wildman–Crippen LogP) is 3.35. The van der Waals surface area contributed by atoms with Crippen molar-refractivity contribution in [3.8, 4) is 11.1 Å². The molecule has 0 saturated carbocycles. The molecule has 26 heavy (non-hydrogen) atoms. The zero-order chi connectivity index (χ0) is 18.1. The molecule has 5 rings (SSSR count). The number of methoxy groups -OCH3 is 1. The van der Waals surface area contributed by atoms with Gasteiger partial charge in [0.1, 0.15) is 0 Å². The summed E-state index contributed by atoms with van der Waals surface area (Å²) in [5.41, 5.74) is 3.75. The molecule has 1 atom stereocenters. The minimum Gasteiger partial charge on any atom is -0.465 e. The summed E-state index contributed by atoms with van der Waals surface area (Å²) in [5, 5.41) is 0. The van der Waals surface area contributed by atoms with Crippen molar-refractivity contribution in [3.63, 3.8) is 0 Å². The van der Waals surface area contributed by atoms with Crippen LogP contribution in [-0.2, 0) is 16.0 Å². The topological polar surface area (TPSA) is 46.6 Å². The van der Waals surface area contributed by atoms with Crippen molar-refractivity contribution < 1.29 is 14.3 Å². The SMILES string of the molecule is COC(=O)c1cccc(-c2ccccc2CC2C(=O)C3CCN2CC3)c1. The Morgan fingerprint density at radius 3 is 2.62 bits per heavy atom. The number of Topliss-reactive ketones (excluding diaryl/α,β-unsaturated/α-hetero) is 1. The zero-order valence-corrected chi connectivity index (χ0v) is 15.0. The van der Waals surface area contributed by atoms with Gasteiger partial charge >= 0.3 is 5.97 Å². The Morgan fingerprint density at radius 2 is 1.88 bits per heavy atom. The number of carbonyl (C=O) groups is 2. The molecule has 3 aliphatic rings. The Balaban J connectivity index is 1.66. The fourth-order valence-corrected chi connectivity index (χ4v) is 4.30. The van der Waals surface area contributed by atoms with Crippen LogP contribution in [0.2, 0.25) is 0 Å². The highest BCUT2D eigenvalue weighted by atomic mass is 16.5. The van der Waals surface area contributed by atoms with E-state index in [0.29, 0.717) is 11.3 Å². The normalized spacial score (nSPS) is 24.5. The molecule has 0 N–H and O–H groups in total. The standard InChI is InChI=1S/C22H23NO3/c1-26-22(25)18-7-4-6-16(13-18)19-8-3-2-5-17(19)14-20-21(24)15-9-11-23(20)12-10-15/h2-8,13,15,20H,9-12,14H2,1H3. The Hall–Kier alpha value is -2.46. The first-order valence-electron chi connectivity index (χ1n) is 9.22. The van der Waals surface area contributed by atoms with Crippen molar-refractivity contribution in [2.45, 2.75) is 25.3 Å². The number of hydrogen-bond donors (Lipinski definition) is 0. The molecule has 4 heteroatoms. The maximum Gasteiger partial charge on any atom is 0.337 e. The van der Waals surface area contributed by atoms with Crippen LogP contribution in [0.4, 0.5) is 0 Å². The maximum absolute atomic E-state index is 12.7. The molecule has 0 amide bonds. The predicted molar refractivity (Wildman–Crippen MR) is 100 cm³/mol. The molecule has 0 aromatic heterocycles. The fraction of sp³-hybridized carbons (Fsp3) is 0.364. The number of fused-ring (bicyclic) bond motifs is 3. The molecule has 3 aliphatic heterocycles. The minimum absolute atomic E-state index is 0.00700. The second-order valence-corrected chi connectivity index (χ2v) is 7.16. The summed E-state index contributed by atoms with van der Waals surface area (Å²) in [5.74, 6) is 0.315. The van der Waals surface area contributed by atoms with Gasteiger partial charge in [-0.15, -0.1) is 0 Å². The number of rotatable bonds is 4. The highest BCUT2D eigenvalue weighted by Crippen LogP contribution is 2.33. The zero-order valence-electron chi connectivity index (χ0n) is 15.0. The van der Waals surface area contributed by atoms with Crippen molar-refractivity contribution in [2.75, 3.05) is 20.2 Å². The molecule has 2 aromatic rings. The highest BCUT2D eigenvalue weighted by Gasteiger charge is 2.40. The van der Waals surface area contributed by atoms with Crippen LogP contribution in [0.3, 0.4) is 0 Å².